The molecular weight excluding hydrogens is 183 g/mol. The molecule has 2 N–H and O–H groups in total. The summed E-state index contributed by atoms with van der Waals surface area (Å²) in [7, 11) is 4.64. The van der Waals surface area contributed by atoms with E-state index in [4.69, 9.17) is 14.6 Å². The molecule has 0 heterocycles. The van der Waals surface area contributed by atoms with Gasteiger partial charge in [-0.05, 0) is 5.46 Å². The van der Waals surface area contributed by atoms with Crippen LogP contribution in [0.5, 0.6) is 17.2 Å². The van der Waals surface area contributed by atoms with Gasteiger partial charge in [0.25, 0.3) is 0 Å². The quantitative estimate of drug-likeness (QED) is 0.619. The first-order valence-electron chi connectivity index (χ1n) is 4.20. The summed E-state index contributed by atoms with van der Waals surface area (Å²) in [5, 5.41) is 18.7. The van der Waals surface area contributed by atoms with E-state index in [0.29, 0.717) is 16.8 Å². The molecule has 1 rings (SSSR count). The monoisotopic (exact) mass is 196 g/mol. The molecule has 0 aromatic heterocycles. The standard InChI is InChI=1S/C9H13BO4/c1-13-8-5(4-11)3-6(10)7(12)9(8)14-2/h3,11-12H,4,10H2,1-2H3. The van der Waals surface area contributed by atoms with Gasteiger partial charge in [-0.1, -0.05) is 6.07 Å². The Kier molecular flexibility index (Phi) is 3.25. The lowest BCUT2D eigenvalue weighted by Gasteiger charge is -2.14. The predicted molar refractivity (Wildman–Crippen MR) is 55.3 cm³/mol. The summed E-state index contributed by atoms with van der Waals surface area (Å²) >= 11 is 0. The van der Waals surface area contributed by atoms with E-state index >= 15 is 0 Å². The third kappa shape index (κ3) is 1.63. The van der Waals surface area contributed by atoms with Crippen molar-refractivity contribution in [2.75, 3.05) is 14.2 Å². The van der Waals surface area contributed by atoms with E-state index in [1.165, 1.54) is 14.2 Å². The molecule has 0 fully saturated rings. The number of phenols is 1. The van der Waals surface area contributed by atoms with E-state index in [2.05, 4.69) is 0 Å². The zero-order valence-corrected chi connectivity index (χ0v) is 8.50. The lowest BCUT2D eigenvalue weighted by atomic mass is 9.92. The lowest BCUT2D eigenvalue weighted by molar-refractivity contribution is 0.268. The van der Waals surface area contributed by atoms with Crippen LogP contribution < -0.4 is 14.9 Å². The third-order valence-corrected chi connectivity index (χ3v) is 2.06. The van der Waals surface area contributed by atoms with Crippen LogP contribution in [0.4, 0.5) is 0 Å². The number of hydrogen-bond acceptors (Lipinski definition) is 4. The second-order valence-electron chi connectivity index (χ2n) is 2.93. The van der Waals surface area contributed by atoms with E-state index in [9.17, 15) is 5.11 Å². The SMILES string of the molecule is Bc1cc(CO)c(OC)c(OC)c1O. The fourth-order valence-corrected chi connectivity index (χ4v) is 1.36. The highest BCUT2D eigenvalue weighted by molar-refractivity contribution is 6.34. The van der Waals surface area contributed by atoms with Crippen molar-refractivity contribution in [3.05, 3.63) is 11.6 Å². The van der Waals surface area contributed by atoms with Crippen molar-refractivity contribution in [2.24, 2.45) is 0 Å². The average Bonchev–Trinajstić information content (AvgIpc) is 2.20. The van der Waals surface area contributed by atoms with Gasteiger partial charge in [0.1, 0.15) is 7.85 Å². The average molecular weight is 196 g/mol. The minimum absolute atomic E-state index is 0.0431. The van der Waals surface area contributed by atoms with Gasteiger partial charge in [0.15, 0.2) is 11.5 Å². The van der Waals surface area contributed by atoms with Crippen LogP contribution in [-0.4, -0.2) is 32.3 Å². The van der Waals surface area contributed by atoms with Crippen LogP contribution in [0.15, 0.2) is 6.07 Å². The summed E-state index contributed by atoms with van der Waals surface area (Å²) in [6, 6.07) is 1.66. The highest BCUT2D eigenvalue weighted by Crippen LogP contribution is 2.37. The Bertz CT molecular complexity index is 338. The van der Waals surface area contributed by atoms with Gasteiger partial charge in [-0.15, -0.1) is 0 Å². The first-order chi connectivity index (χ1) is 6.65. The Balaban J connectivity index is 3.42. The number of ether oxygens (including phenoxy) is 2. The smallest absolute Gasteiger partial charge is 0.202 e. The molecule has 1 aromatic rings. The molecule has 0 radical (unpaired) electrons. The van der Waals surface area contributed by atoms with Gasteiger partial charge in [-0.3, -0.25) is 0 Å². The molecule has 0 bridgehead atoms. The fourth-order valence-electron chi connectivity index (χ4n) is 1.36. The number of phenolic OH excluding ortho intramolecular Hbond substituents is 1. The van der Waals surface area contributed by atoms with Crippen LogP contribution in [0.2, 0.25) is 0 Å². The Hall–Kier alpha value is -1.36. The highest BCUT2D eigenvalue weighted by atomic mass is 16.5. The van der Waals surface area contributed by atoms with E-state index in [1.54, 1.807) is 13.9 Å². The number of hydrogen-bond donors (Lipinski definition) is 2. The maximum absolute atomic E-state index is 9.64. The Morgan fingerprint density at radius 2 is 1.86 bits per heavy atom. The van der Waals surface area contributed by atoms with E-state index < -0.39 is 0 Å². The number of aromatic hydroxyl groups is 1. The first kappa shape index (κ1) is 10.7. The minimum Gasteiger partial charge on any atom is -0.505 e. The van der Waals surface area contributed by atoms with Gasteiger partial charge in [0.2, 0.25) is 5.75 Å². The summed E-state index contributed by atoms with van der Waals surface area (Å²) in [5.41, 5.74) is 1.24. The Morgan fingerprint density at radius 1 is 1.29 bits per heavy atom. The van der Waals surface area contributed by atoms with Gasteiger partial charge >= 0.3 is 0 Å². The highest BCUT2D eigenvalue weighted by Gasteiger charge is 2.16. The number of aliphatic hydroxyl groups is 1. The molecule has 0 aliphatic rings. The molecule has 0 aliphatic heterocycles. The van der Waals surface area contributed by atoms with Gasteiger partial charge in [-0.2, -0.15) is 0 Å². The van der Waals surface area contributed by atoms with Crippen molar-refractivity contribution in [1.29, 1.82) is 0 Å². The van der Waals surface area contributed by atoms with Crippen molar-refractivity contribution >= 4 is 13.3 Å². The van der Waals surface area contributed by atoms with Crippen LogP contribution in [0.1, 0.15) is 5.56 Å². The summed E-state index contributed by atoms with van der Waals surface area (Å²) in [5.74, 6) is 0.677. The van der Waals surface area contributed by atoms with Gasteiger partial charge < -0.3 is 19.7 Å². The molecule has 0 spiro atoms. The summed E-state index contributed by atoms with van der Waals surface area (Å²) in [4.78, 5) is 0. The topological polar surface area (TPSA) is 58.9 Å². The van der Waals surface area contributed by atoms with Gasteiger partial charge in [0.05, 0.1) is 20.8 Å². The predicted octanol–water partition coefficient (Wildman–Crippen LogP) is -0.840. The molecule has 0 amide bonds. The van der Waals surface area contributed by atoms with Crippen molar-refractivity contribution in [2.45, 2.75) is 6.61 Å². The molecule has 5 heteroatoms. The molecule has 0 unspecified atom stereocenters. The van der Waals surface area contributed by atoms with Crippen LogP contribution in [0, 0.1) is 0 Å². The lowest BCUT2D eigenvalue weighted by Crippen LogP contribution is -2.08. The molecule has 0 saturated carbocycles. The van der Waals surface area contributed by atoms with Crippen molar-refractivity contribution in [3.8, 4) is 17.2 Å². The van der Waals surface area contributed by atoms with Crippen molar-refractivity contribution in [1.82, 2.24) is 0 Å². The second kappa shape index (κ2) is 4.24. The molecule has 0 saturated heterocycles. The zero-order chi connectivity index (χ0) is 10.7. The normalized spacial score (nSPS) is 9.93. The second-order valence-corrected chi connectivity index (χ2v) is 2.93. The molecule has 76 valence electrons. The van der Waals surface area contributed by atoms with Gasteiger partial charge in [0, 0.05) is 5.56 Å². The van der Waals surface area contributed by atoms with Gasteiger partial charge in [-0.25, -0.2) is 0 Å². The molecule has 1 aromatic carbocycles. The molecule has 0 atom stereocenters. The maximum Gasteiger partial charge on any atom is 0.202 e. The van der Waals surface area contributed by atoms with Crippen molar-refractivity contribution < 1.29 is 19.7 Å². The maximum atomic E-state index is 9.64. The van der Waals surface area contributed by atoms with Crippen LogP contribution >= 0.6 is 0 Å². The van der Waals surface area contributed by atoms with Crippen LogP contribution in [-0.2, 0) is 6.61 Å². The minimum atomic E-state index is -0.152. The van der Waals surface area contributed by atoms with E-state index in [-0.39, 0.29) is 18.1 Å². The Morgan fingerprint density at radius 3 is 2.29 bits per heavy atom. The molecule has 0 aliphatic carbocycles. The van der Waals surface area contributed by atoms with E-state index in [1.807, 2.05) is 0 Å². The molecular formula is C9H13BO4. The molecule has 14 heavy (non-hydrogen) atoms. The van der Waals surface area contributed by atoms with Crippen molar-refractivity contribution in [3.63, 3.8) is 0 Å². The zero-order valence-electron chi connectivity index (χ0n) is 8.50. The first-order valence-corrected chi connectivity index (χ1v) is 4.20. The number of rotatable bonds is 3. The molecule has 4 nitrogen and oxygen atoms in total. The summed E-state index contributed by atoms with van der Waals surface area (Å²) in [6.45, 7) is -0.152. The van der Waals surface area contributed by atoms with E-state index in [0.717, 1.165) is 0 Å². The number of methoxy groups -OCH3 is 2. The number of benzene rings is 1. The largest absolute Gasteiger partial charge is 0.505 e. The fraction of sp³-hybridized carbons (Fsp3) is 0.333. The third-order valence-electron chi connectivity index (χ3n) is 2.06. The van der Waals surface area contributed by atoms with Crippen LogP contribution in [0.25, 0.3) is 0 Å². The number of aliphatic hydroxyl groups excluding tert-OH is 1. The Labute approximate surface area is 83.5 Å². The summed E-state index contributed by atoms with van der Waals surface area (Å²) in [6.07, 6.45) is 0. The van der Waals surface area contributed by atoms with Crippen LogP contribution in [0.3, 0.4) is 0 Å². The summed E-state index contributed by atoms with van der Waals surface area (Å²) < 4.78 is 10.1.